The number of aromatic hydroxyl groups is 1. The molecule has 0 saturated heterocycles. The summed E-state index contributed by atoms with van der Waals surface area (Å²) in [4.78, 5) is 11.9. The van der Waals surface area contributed by atoms with Crippen LogP contribution in [0.2, 0.25) is 0 Å². The first kappa shape index (κ1) is 12.8. The number of anilines is 1. The molecule has 2 aromatic rings. The predicted octanol–water partition coefficient (Wildman–Crippen LogP) is 0.946. The Morgan fingerprint density at radius 2 is 2.37 bits per heavy atom. The summed E-state index contributed by atoms with van der Waals surface area (Å²) in [5.41, 5.74) is 0.0880. The van der Waals surface area contributed by atoms with E-state index in [9.17, 15) is 9.90 Å². The lowest BCUT2D eigenvalue weighted by Gasteiger charge is -2.09. The van der Waals surface area contributed by atoms with Gasteiger partial charge in [0, 0.05) is 0 Å². The van der Waals surface area contributed by atoms with E-state index in [4.69, 9.17) is 4.74 Å². The third-order valence-corrected chi connectivity index (χ3v) is 2.28. The molecule has 0 saturated carbocycles. The van der Waals surface area contributed by atoms with Gasteiger partial charge in [0.1, 0.15) is 0 Å². The number of carbonyl (C=O) groups is 1. The highest BCUT2D eigenvalue weighted by Crippen LogP contribution is 2.30. The van der Waals surface area contributed by atoms with E-state index in [-0.39, 0.29) is 23.0 Å². The molecule has 1 aromatic heterocycles. The van der Waals surface area contributed by atoms with Crippen molar-refractivity contribution in [1.82, 2.24) is 20.6 Å². The number of phenols is 1. The van der Waals surface area contributed by atoms with E-state index in [0.29, 0.717) is 6.61 Å². The van der Waals surface area contributed by atoms with Gasteiger partial charge in [0.05, 0.1) is 12.2 Å². The highest BCUT2D eigenvalue weighted by atomic mass is 16.5. The standard InChI is InChI=1S/C11H13N5O3/c1-2-6-19-8-5-3-4-7(9(8)17)10(18)12-11-13-15-16-14-11/h3-5,17H,2,6H2,1H3,(H2,12,13,14,15,16,18). The minimum atomic E-state index is -0.530. The quantitative estimate of drug-likeness (QED) is 0.740. The van der Waals surface area contributed by atoms with Crippen LogP contribution in [0.4, 0.5) is 5.95 Å². The second kappa shape index (κ2) is 5.80. The number of ether oxygens (including phenoxy) is 1. The van der Waals surface area contributed by atoms with E-state index < -0.39 is 5.91 Å². The first-order valence-electron chi connectivity index (χ1n) is 5.72. The molecule has 8 nitrogen and oxygen atoms in total. The number of tetrazole rings is 1. The van der Waals surface area contributed by atoms with Crippen LogP contribution in [-0.4, -0.2) is 38.2 Å². The van der Waals surface area contributed by atoms with Crippen LogP contribution in [0.5, 0.6) is 11.5 Å². The van der Waals surface area contributed by atoms with Crippen LogP contribution >= 0.6 is 0 Å². The summed E-state index contributed by atoms with van der Waals surface area (Å²) in [6.45, 7) is 2.41. The number of carbonyl (C=O) groups excluding carboxylic acids is 1. The van der Waals surface area contributed by atoms with Gasteiger partial charge in [-0.1, -0.05) is 18.1 Å². The van der Waals surface area contributed by atoms with Crippen LogP contribution < -0.4 is 10.1 Å². The number of aromatic amines is 1. The van der Waals surface area contributed by atoms with Crippen molar-refractivity contribution in [1.29, 1.82) is 0 Å². The second-order valence-electron chi connectivity index (χ2n) is 3.70. The number of aromatic nitrogens is 4. The molecule has 1 heterocycles. The number of phenolic OH excluding ortho intramolecular Hbond substituents is 1. The summed E-state index contributed by atoms with van der Waals surface area (Å²) in [6, 6.07) is 4.70. The minimum absolute atomic E-state index is 0.0880. The highest BCUT2D eigenvalue weighted by molar-refractivity contribution is 6.05. The molecule has 0 bridgehead atoms. The average Bonchev–Trinajstić information content (AvgIpc) is 2.90. The summed E-state index contributed by atoms with van der Waals surface area (Å²) < 4.78 is 5.33. The van der Waals surface area contributed by atoms with Crippen molar-refractivity contribution in [3.05, 3.63) is 23.8 Å². The monoisotopic (exact) mass is 263 g/mol. The van der Waals surface area contributed by atoms with Gasteiger partial charge < -0.3 is 9.84 Å². The van der Waals surface area contributed by atoms with E-state index in [1.165, 1.54) is 6.07 Å². The number of nitrogens with one attached hydrogen (secondary N) is 2. The van der Waals surface area contributed by atoms with Crippen molar-refractivity contribution in [3.8, 4) is 11.5 Å². The molecule has 100 valence electrons. The van der Waals surface area contributed by atoms with Gasteiger partial charge in [0.15, 0.2) is 11.5 Å². The third kappa shape index (κ3) is 2.97. The van der Waals surface area contributed by atoms with Gasteiger partial charge in [-0.3, -0.25) is 10.1 Å². The van der Waals surface area contributed by atoms with Gasteiger partial charge in [-0.25, -0.2) is 5.10 Å². The molecule has 0 unspecified atom stereocenters. The lowest BCUT2D eigenvalue weighted by Crippen LogP contribution is -2.13. The van der Waals surface area contributed by atoms with E-state index in [0.717, 1.165) is 6.42 Å². The fourth-order valence-corrected chi connectivity index (χ4v) is 1.42. The van der Waals surface area contributed by atoms with Gasteiger partial charge in [-0.05, 0) is 29.0 Å². The Hall–Kier alpha value is -2.64. The zero-order valence-corrected chi connectivity index (χ0v) is 10.3. The summed E-state index contributed by atoms with van der Waals surface area (Å²) in [6.07, 6.45) is 0.805. The summed E-state index contributed by atoms with van der Waals surface area (Å²) in [7, 11) is 0. The van der Waals surface area contributed by atoms with Gasteiger partial charge >= 0.3 is 0 Å². The Bertz CT molecular complexity index is 555. The van der Waals surface area contributed by atoms with E-state index in [2.05, 4.69) is 25.9 Å². The molecule has 0 aliphatic heterocycles. The Morgan fingerprint density at radius 1 is 1.53 bits per heavy atom. The van der Waals surface area contributed by atoms with Crippen molar-refractivity contribution in [2.75, 3.05) is 11.9 Å². The number of H-pyrrole nitrogens is 1. The molecule has 19 heavy (non-hydrogen) atoms. The lowest BCUT2D eigenvalue weighted by molar-refractivity contribution is 0.102. The Morgan fingerprint density at radius 3 is 3.05 bits per heavy atom. The number of rotatable bonds is 5. The number of nitrogens with zero attached hydrogens (tertiary/aromatic N) is 3. The van der Waals surface area contributed by atoms with Crippen molar-refractivity contribution < 1.29 is 14.6 Å². The lowest BCUT2D eigenvalue weighted by atomic mass is 10.1. The van der Waals surface area contributed by atoms with Crippen LogP contribution in [-0.2, 0) is 0 Å². The largest absolute Gasteiger partial charge is 0.504 e. The molecule has 1 amide bonds. The van der Waals surface area contributed by atoms with Crippen molar-refractivity contribution in [3.63, 3.8) is 0 Å². The smallest absolute Gasteiger partial charge is 0.261 e. The highest BCUT2D eigenvalue weighted by Gasteiger charge is 2.16. The molecular weight excluding hydrogens is 250 g/mol. The molecule has 0 radical (unpaired) electrons. The van der Waals surface area contributed by atoms with Gasteiger partial charge in [0.25, 0.3) is 5.91 Å². The van der Waals surface area contributed by atoms with Crippen molar-refractivity contribution >= 4 is 11.9 Å². The SMILES string of the molecule is CCCOc1cccc(C(=O)Nc2nnn[nH]2)c1O. The maximum Gasteiger partial charge on any atom is 0.261 e. The Labute approximate surface area is 108 Å². The summed E-state index contributed by atoms with van der Waals surface area (Å²) >= 11 is 0. The van der Waals surface area contributed by atoms with Crippen LogP contribution in [0.3, 0.4) is 0 Å². The fraction of sp³-hybridized carbons (Fsp3) is 0.273. The average molecular weight is 263 g/mol. The summed E-state index contributed by atoms with van der Waals surface area (Å²) in [5, 5.41) is 24.9. The van der Waals surface area contributed by atoms with E-state index in [1.807, 2.05) is 6.92 Å². The molecule has 0 spiro atoms. The molecule has 0 atom stereocenters. The Balaban J connectivity index is 2.17. The van der Waals surface area contributed by atoms with Gasteiger partial charge in [-0.2, -0.15) is 0 Å². The molecule has 3 N–H and O–H groups in total. The number of hydrogen-bond donors (Lipinski definition) is 3. The normalized spacial score (nSPS) is 10.2. The number of amides is 1. The third-order valence-electron chi connectivity index (χ3n) is 2.28. The van der Waals surface area contributed by atoms with Crippen LogP contribution in [0.25, 0.3) is 0 Å². The first-order chi connectivity index (χ1) is 9.22. The van der Waals surface area contributed by atoms with Crippen LogP contribution in [0, 0.1) is 0 Å². The van der Waals surface area contributed by atoms with Crippen LogP contribution in [0.15, 0.2) is 18.2 Å². The van der Waals surface area contributed by atoms with Gasteiger partial charge in [-0.15, -0.1) is 0 Å². The number of benzene rings is 1. The Kier molecular flexibility index (Phi) is 3.91. The maximum atomic E-state index is 11.9. The minimum Gasteiger partial charge on any atom is -0.504 e. The molecule has 8 heteroatoms. The molecule has 0 aliphatic carbocycles. The first-order valence-corrected chi connectivity index (χ1v) is 5.72. The maximum absolute atomic E-state index is 11.9. The van der Waals surface area contributed by atoms with Crippen LogP contribution in [0.1, 0.15) is 23.7 Å². The van der Waals surface area contributed by atoms with E-state index >= 15 is 0 Å². The number of para-hydroxylation sites is 1. The van der Waals surface area contributed by atoms with Crippen molar-refractivity contribution in [2.24, 2.45) is 0 Å². The molecule has 1 aromatic carbocycles. The molecule has 0 aliphatic rings. The van der Waals surface area contributed by atoms with Crippen molar-refractivity contribution in [2.45, 2.75) is 13.3 Å². The van der Waals surface area contributed by atoms with Gasteiger partial charge in [0.2, 0.25) is 5.95 Å². The zero-order chi connectivity index (χ0) is 13.7. The molecular formula is C11H13N5O3. The molecule has 0 fully saturated rings. The van der Waals surface area contributed by atoms with E-state index in [1.54, 1.807) is 12.1 Å². The predicted molar refractivity (Wildman–Crippen MR) is 66.0 cm³/mol. The summed E-state index contributed by atoms with van der Waals surface area (Å²) in [5.74, 6) is -0.367. The zero-order valence-electron chi connectivity index (χ0n) is 10.3. The number of hydrogen-bond acceptors (Lipinski definition) is 6. The second-order valence-corrected chi connectivity index (χ2v) is 3.70. The molecule has 2 rings (SSSR count). The topological polar surface area (TPSA) is 113 Å². The fourth-order valence-electron chi connectivity index (χ4n) is 1.42.